The van der Waals surface area contributed by atoms with Crippen LogP contribution in [0.15, 0.2) is 12.2 Å². The molecule has 0 unspecified atom stereocenters. The molecule has 0 heterocycles. The topological polar surface area (TPSA) is 40.5 Å². The molecule has 0 rings (SSSR count). The molecule has 0 aliphatic heterocycles. The molecule has 0 fully saturated rings. The molecule has 0 atom stereocenters. The van der Waals surface area contributed by atoms with Gasteiger partial charge in [0.15, 0.2) is 0 Å². The van der Waals surface area contributed by atoms with Gasteiger partial charge in [0.1, 0.15) is 0 Å². The predicted octanol–water partition coefficient (Wildman–Crippen LogP) is 1.75. The Morgan fingerprint density at radius 3 is 2.46 bits per heavy atom. The third-order valence-electron chi connectivity index (χ3n) is 1.99. The van der Waals surface area contributed by atoms with Crippen LogP contribution in [0.4, 0.5) is 0 Å². The minimum Gasteiger partial charge on any atom is -0.478 e. The lowest BCUT2D eigenvalue weighted by molar-refractivity contribution is -0.132. The zero-order chi connectivity index (χ0) is 10.3. The van der Waals surface area contributed by atoms with E-state index in [1.54, 1.807) is 0 Å². The number of rotatable bonds is 7. The molecule has 0 aromatic carbocycles. The number of unbranched alkanes of at least 4 members (excludes halogenated alkanes) is 1. The first-order valence-corrected chi connectivity index (χ1v) is 4.75. The Morgan fingerprint density at radius 1 is 1.46 bits per heavy atom. The van der Waals surface area contributed by atoms with Crippen LogP contribution >= 0.6 is 0 Å². The van der Waals surface area contributed by atoms with Crippen molar-refractivity contribution >= 4 is 5.97 Å². The Hall–Kier alpha value is -0.830. The van der Waals surface area contributed by atoms with Crippen molar-refractivity contribution in [3.8, 4) is 0 Å². The van der Waals surface area contributed by atoms with Gasteiger partial charge in [0.05, 0.1) is 0 Å². The molecule has 3 nitrogen and oxygen atoms in total. The van der Waals surface area contributed by atoms with Gasteiger partial charge in [-0.05, 0) is 19.5 Å². The first-order chi connectivity index (χ1) is 6.11. The average Bonchev–Trinajstić information content (AvgIpc) is 2.11. The highest BCUT2D eigenvalue weighted by molar-refractivity contribution is 5.86. The van der Waals surface area contributed by atoms with E-state index in [9.17, 15) is 4.79 Å². The summed E-state index contributed by atoms with van der Waals surface area (Å²) in [6.45, 7) is 9.98. The van der Waals surface area contributed by atoms with Gasteiger partial charge in [0.2, 0.25) is 0 Å². The highest BCUT2D eigenvalue weighted by Crippen LogP contribution is 1.99. The number of hydrogen-bond acceptors (Lipinski definition) is 2. The third-order valence-corrected chi connectivity index (χ3v) is 1.99. The van der Waals surface area contributed by atoms with Gasteiger partial charge >= 0.3 is 5.97 Å². The first kappa shape index (κ1) is 12.2. The number of aliphatic carboxylic acids is 1. The van der Waals surface area contributed by atoms with Crippen molar-refractivity contribution in [2.24, 2.45) is 0 Å². The summed E-state index contributed by atoms with van der Waals surface area (Å²) in [5.41, 5.74) is 0.276. The molecule has 76 valence electrons. The van der Waals surface area contributed by atoms with Crippen molar-refractivity contribution in [1.82, 2.24) is 4.90 Å². The number of hydrogen-bond donors (Lipinski definition) is 1. The standard InChI is InChI=1S/C10H19NO2/c1-4-6-7-11(5-2)8-9(3)10(12)13/h3-8H2,1-2H3,(H,12,13). The van der Waals surface area contributed by atoms with E-state index in [0.717, 1.165) is 25.9 Å². The second-order valence-corrected chi connectivity index (χ2v) is 3.13. The predicted molar refractivity (Wildman–Crippen MR) is 53.8 cm³/mol. The van der Waals surface area contributed by atoms with Gasteiger partial charge in [-0.2, -0.15) is 0 Å². The van der Waals surface area contributed by atoms with Crippen LogP contribution in [0.3, 0.4) is 0 Å². The Kier molecular flexibility index (Phi) is 6.24. The van der Waals surface area contributed by atoms with Crippen molar-refractivity contribution in [2.75, 3.05) is 19.6 Å². The molecule has 0 aromatic heterocycles. The Morgan fingerprint density at radius 2 is 2.08 bits per heavy atom. The van der Waals surface area contributed by atoms with Crippen molar-refractivity contribution < 1.29 is 9.90 Å². The SMILES string of the molecule is C=C(CN(CC)CCCC)C(=O)O. The highest BCUT2D eigenvalue weighted by Gasteiger charge is 2.08. The first-order valence-electron chi connectivity index (χ1n) is 4.75. The maximum Gasteiger partial charge on any atom is 0.332 e. The summed E-state index contributed by atoms with van der Waals surface area (Å²) in [6, 6.07) is 0. The lowest BCUT2D eigenvalue weighted by atomic mass is 10.2. The molecule has 0 aliphatic rings. The molecule has 0 aromatic rings. The molecule has 1 N–H and O–H groups in total. The van der Waals surface area contributed by atoms with Crippen LogP contribution in [0.25, 0.3) is 0 Å². The number of likely N-dealkylation sites (N-methyl/N-ethyl adjacent to an activating group) is 1. The second-order valence-electron chi connectivity index (χ2n) is 3.13. The molecule has 0 aliphatic carbocycles. The third kappa shape index (κ3) is 5.42. The summed E-state index contributed by atoms with van der Waals surface area (Å²) in [5, 5.41) is 8.63. The van der Waals surface area contributed by atoms with Crippen LogP contribution in [0.5, 0.6) is 0 Å². The molecule has 0 spiro atoms. The van der Waals surface area contributed by atoms with Gasteiger partial charge in [-0.1, -0.05) is 26.8 Å². The van der Waals surface area contributed by atoms with E-state index in [1.807, 2.05) is 6.92 Å². The summed E-state index contributed by atoms with van der Waals surface area (Å²) < 4.78 is 0. The Balaban J connectivity index is 3.83. The lowest BCUT2D eigenvalue weighted by Gasteiger charge is -2.19. The number of nitrogens with zero attached hydrogens (tertiary/aromatic N) is 1. The monoisotopic (exact) mass is 185 g/mol. The van der Waals surface area contributed by atoms with Gasteiger partial charge in [0.25, 0.3) is 0 Å². The van der Waals surface area contributed by atoms with E-state index in [4.69, 9.17) is 5.11 Å². The maximum atomic E-state index is 10.5. The molecule has 3 heteroatoms. The molecule has 0 radical (unpaired) electrons. The summed E-state index contributed by atoms with van der Waals surface area (Å²) >= 11 is 0. The summed E-state index contributed by atoms with van der Waals surface area (Å²) in [4.78, 5) is 12.6. The van der Waals surface area contributed by atoms with Gasteiger partial charge in [-0.3, -0.25) is 4.90 Å². The minimum atomic E-state index is -0.894. The zero-order valence-corrected chi connectivity index (χ0v) is 8.55. The number of carboxylic acid groups (broad SMARTS) is 1. The summed E-state index contributed by atoms with van der Waals surface area (Å²) in [5.74, 6) is -0.894. The molecule has 13 heavy (non-hydrogen) atoms. The van der Waals surface area contributed by atoms with E-state index in [0.29, 0.717) is 6.54 Å². The Labute approximate surface area is 80.0 Å². The zero-order valence-electron chi connectivity index (χ0n) is 8.55. The quantitative estimate of drug-likeness (QED) is 0.614. The fraction of sp³-hybridized carbons (Fsp3) is 0.700. The van der Waals surface area contributed by atoms with Gasteiger partial charge < -0.3 is 5.11 Å². The van der Waals surface area contributed by atoms with Crippen LogP contribution in [-0.2, 0) is 4.79 Å². The van der Waals surface area contributed by atoms with Crippen LogP contribution in [0, 0.1) is 0 Å². The molecule has 0 bridgehead atoms. The van der Waals surface area contributed by atoms with E-state index in [-0.39, 0.29) is 5.57 Å². The van der Waals surface area contributed by atoms with Crippen LogP contribution < -0.4 is 0 Å². The molecule has 0 saturated heterocycles. The largest absolute Gasteiger partial charge is 0.478 e. The fourth-order valence-corrected chi connectivity index (χ4v) is 1.07. The normalized spacial score (nSPS) is 10.4. The van der Waals surface area contributed by atoms with Crippen LogP contribution in [0.1, 0.15) is 26.7 Å². The van der Waals surface area contributed by atoms with Crippen molar-refractivity contribution in [3.05, 3.63) is 12.2 Å². The van der Waals surface area contributed by atoms with Crippen molar-refractivity contribution in [3.63, 3.8) is 0 Å². The van der Waals surface area contributed by atoms with Crippen LogP contribution in [0.2, 0.25) is 0 Å². The summed E-state index contributed by atoms with van der Waals surface area (Å²) in [7, 11) is 0. The Bertz CT molecular complexity index is 178. The van der Waals surface area contributed by atoms with Crippen molar-refractivity contribution in [1.29, 1.82) is 0 Å². The smallest absolute Gasteiger partial charge is 0.332 e. The van der Waals surface area contributed by atoms with Gasteiger partial charge in [-0.15, -0.1) is 0 Å². The molecular weight excluding hydrogens is 166 g/mol. The minimum absolute atomic E-state index is 0.276. The second kappa shape index (κ2) is 6.66. The number of carbonyl (C=O) groups is 1. The average molecular weight is 185 g/mol. The molecule has 0 saturated carbocycles. The van der Waals surface area contributed by atoms with Crippen LogP contribution in [-0.4, -0.2) is 35.6 Å². The van der Waals surface area contributed by atoms with E-state index in [2.05, 4.69) is 18.4 Å². The molecular formula is C10H19NO2. The van der Waals surface area contributed by atoms with Gasteiger partial charge in [-0.25, -0.2) is 4.79 Å². The fourth-order valence-electron chi connectivity index (χ4n) is 1.07. The molecule has 0 amide bonds. The van der Waals surface area contributed by atoms with E-state index >= 15 is 0 Å². The van der Waals surface area contributed by atoms with Crippen molar-refractivity contribution in [2.45, 2.75) is 26.7 Å². The van der Waals surface area contributed by atoms with E-state index in [1.165, 1.54) is 0 Å². The number of carboxylic acids is 1. The lowest BCUT2D eigenvalue weighted by Crippen LogP contribution is -2.28. The summed E-state index contributed by atoms with van der Waals surface area (Å²) in [6.07, 6.45) is 2.25. The van der Waals surface area contributed by atoms with Gasteiger partial charge in [0, 0.05) is 12.1 Å². The maximum absolute atomic E-state index is 10.5. The highest BCUT2D eigenvalue weighted by atomic mass is 16.4. The van der Waals surface area contributed by atoms with E-state index < -0.39 is 5.97 Å².